The number of H-pyrrole nitrogens is 1. The lowest BCUT2D eigenvalue weighted by atomic mass is 9.98. The van der Waals surface area contributed by atoms with Crippen molar-refractivity contribution in [2.45, 2.75) is 12.8 Å². The average molecular weight is 335 g/mol. The van der Waals surface area contributed by atoms with Crippen LogP contribution in [0.5, 0.6) is 0 Å². The molecule has 3 rings (SSSR count). The Morgan fingerprint density at radius 3 is 2.74 bits per heavy atom. The Bertz CT molecular complexity index is 805. The second kappa shape index (κ2) is 6.33. The Hall–Kier alpha value is -1.86. The molecule has 0 aliphatic carbocycles. The van der Waals surface area contributed by atoms with Crippen LogP contribution in [0.25, 0.3) is 10.9 Å². The lowest BCUT2D eigenvalue weighted by molar-refractivity contribution is 0.0943. The van der Waals surface area contributed by atoms with Gasteiger partial charge >= 0.3 is 0 Å². The van der Waals surface area contributed by atoms with Crippen molar-refractivity contribution < 1.29 is 13.2 Å². The zero-order valence-corrected chi connectivity index (χ0v) is 13.9. The predicted molar refractivity (Wildman–Crippen MR) is 89.8 cm³/mol. The van der Waals surface area contributed by atoms with Crippen LogP contribution in [0.15, 0.2) is 30.5 Å². The Kier molecular flexibility index (Phi) is 4.41. The number of para-hydroxylation sites is 1. The second-order valence-corrected chi connectivity index (χ2v) is 8.05. The number of sulfonamides is 1. The molecule has 1 saturated heterocycles. The molecule has 1 aliphatic heterocycles. The number of nitrogens with zero attached hydrogens (tertiary/aromatic N) is 1. The van der Waals surface area contributed by atoms with Crippen LogP contribution in [-0.2, 0) is 10.0 Å². The number of hydrogen-bond donors (Lipinski definition) is 2. The highest BCUT2D eigenvalue weighted by Gasteiger charge is 2.25. The van der Waals surface area contributed by atoms with Crippen LogP contribution in [0.2, 0.25) is 0 Å². The van der Waals surface area contributed by atoms with E-state index in [1.807, 2.05) is 24.4 Å². The highest BCUT2D eigenvalue weighted by Crippen LogP contribution is 2.20. The van der Waals surface area contributed by atoms with Gasteiger partial charge in [-0.3, -0.25) is 4.79 Å². The molecule has 0 radical (unpaired) electrons. The van der Waals surface area contributed by atoms with Crippen molar-refractivity contribution in [3.8, 4) is 0 Å². The minimum absolute atomic E-state index is 0.0939. The van der Waals surface area contributed by atoms with Crippen LogP contribution in [0, 0.1) is 5.92 Å². The number of amides is 1. The highest BCUT2D eigenvalue weighted by atomic mass is 32.2. The third kappa shape index (κ3) is 3.56. The van der Waals surface area contributed by atoms with E-state index in [1.165, 1.54) is 10.6 Å². The standard InChI is InChI=1S/C16H21N3O3S/c1-23(21,22)19-9-6-12(7-10-19)11-18-16(20)14-4-2-3-13-5-8-17-15(13)14/h2-5,8,12,17H,6-7,9-11H2,1H3,(H,18,20). The molecule has 0 saturated carbocycles. The summed E-state index contributed by atoms with van der Waals surface area (Å²) >= 11 is 0. The van der Waals surface area contributed by atoms with E-state index in [1.54, 1.807) is 6.07 Å². The average Bonchev–Trinajstić information content (AvgIpc) is 3.00. The predicted octanol–water partition coefficient (Wildman–Crippen LogP) is 1.57. The largest absolute Gasteiger partial charge is 0.361 e. The molecule has 7 heteroatoms. The Balaban J connectivity index is 1.57. The second-order valence-electron chi connectivity index (χ2n) is 6.06. The van der Waals surface area contributed by atoms with Gasteiger partial charge in [-0.15, -0.1) is 0 Å². The van der Waals surface area contributed by atoms with E-state index in [9.17, 15) is 13.2 Å². The van der Waals surface area contributed by atoms with Gasteiger partial charge in [0.05, 0.1) is 17.3 Å². The van der Waals surface area contributed by atoms with Gasteiger partial charge in [-0.05, 0) is 30.9 Å². The Morgan fingerprint density at radius 2 is 2.04 bits per heavy atom. The molecule has 1 aromatic carbocycles. The van der Waals surface area contributed by atoms with E-state index in [0.717, 1.165) is 23.7 Å². The lowest BCUT2D eigenvalue weighted by Crippen LogP contribution is -2.41. The first kappa shape index (κ1) is 16.0. The fraction of sp³-hybridized carbons (Fsp3) is 0.438. The van der Waals surface area contributed by atoms with E-state index in [2.05, 4.69) is 10.3 Å². The minimum Gasteiger partial charge on any atom is -0.361 e. The summed E-state index contributed by atoms with van der Waals surface area (Å²) in [5, 5.41) is 3.99. The fourth-order valence-electron chi connectivity index (χ4n) is 3.05. The SMILES string of the molecule is CS(=O)(=O)N1CCC(CNC(=O)c2cccc3cc[nH]c23)CC1. The van der Waals surface area contributed by atoms with Gasteiger partial charge in [0.25, 0.3) is 5.91 Å². The number of aromatic amines is 1. The van der Waals surface area contributed by atoms with Crippen molar-refractivity contribution in [3.63, 3.8) is 0 Å². The summed E-state index contributed by atoms with van der Waals surface area (Å²) < 4.78 is 24.5. The van der Waals surface area contributed by atoms with Crippen LogP contribution >= 0.6 is 0 Å². The van der Waals surface area contributed by atoms with Gasteiger partial charge in [0, 0.05) is 31.2 Å². The van der Waals surface area contributed by atoms with Crippen LogP contribution in [0.4, 0.5) is 0 Å². The molecule has 6 nitrogen and oxygen atoms in total. The Labute approximate surface area is 135 Å². The van der Waals surface area contributed by atoms with E-state index < -0.39 is 10.0 Å². The molecule has 2 heterocycles. The van der Waals surface area contributed by atoms with Gasteiger partial charge in [0.1, 0.15) is 0 Å². The molecule has 23 heavy (non-hydrogen) atoms. The molecule has 0 atom stereocenters. The van der Waals surface area contributed by atoms with Crippen molar-refractivity contribution in [1.82, 2.24) is 14.6 Å². The monoisotopic (exact) mass is 335 g/mol. The van der Waals surface area contributed by atoms with Gasteiger partial charge in [0.15, 0.2) is 0 Å². The quantitative estimate of drug-likeness (QED) is 0.890. The molecule has 2 N–H and O–H groups in total. The number of hydrogen-bond acceptors (Lipinski definition) is 3. The third-order valence-corrected chi connectivity index (χ3v) is 5.73. The summed E-state index contributed by atoms with van der Waals surface area (Å²) in [5.41, 5.74) is 1.48. The molecular formula is C16H21N3O3S. The molecule has 1 aliphatic rings. The van der Waals surface area contributed by atoms with Gasteiger partial charge < -0.3 is 10.3 Å². The van der Waals surface area contributed by atoms with Crippen molar-refractivity contribution in [1.29, 1.82) is 0 Å². The summed E-state index contributed by atoms with van der Waals surface area (Å²) in [6, 6.07) is 7.58. The number of fused-ring (bicyclic) bond motifs is 1. The van der Waals surface area contributed by atoms with Crippen LogP contribution < -0.4 is 5.32 Å². The number of aromatic nitrogens is 1. The molecule has 2 aromatic rings. The first-order valence-corrected chi connectivity index (χ1v) is 9.59. The van der Waals surface area contributed by atoms with Gasteiger partial charge in [-0.25, -0.2) is 12.7 Å². The molecule has 0 unspecified atom stereocenters. The van der Waals surface area contributed by atoms with E-state index in [4.69, 9.17) is 0 Å². The molecule has 1 fully saturated rings. The summed E-state index contributed by atoms with van der Waals surface area (Å²) in [6.07, 6.45) is 4.62. The first-order chi connectivity index (χ1) is 10.9. The molecule has 124 valence electrons. The van der Waals surface area contributed by atoms with Gasteiger partial charge in [0.2, 0.25) is 10.0 Å². The molecule has 0 spiro atoms. The van der Waals surface area contributed by atoms with E-state index in [-0.39, 0.29) is 5.91 Å². The topological polar surface area (TPSA) is 82.3 Å². The number of benzene rings is 1. The maximum atomic E-state index is 12.4. The lowest BCUT2D eigenvalue weighted by Gasteiger charge is -2.30. The first-order valence-electron chi connectivity index (χ1n) is 7.74. The van der Waals surface area contributed by atoms with Crippen molar-refractivity contribution in [3.05, 3.63) is 36.0 Å². The zero-order valence-electron chi connectivity index (χ0n) is 13.1. The molecule has 0 bridgehead atoms. The highest BCUT2D eigenvalue weighted by molar-refractivity contribution is 7.88. The maximum absolute atomic E-state index is 12.4. The molecule has 1 amide bonds. The van der Waals surface area contributed by atoms with Crippen molar-refractivity contribution in [2.24, 2.45) is 5.92 Å². The van der Waals surface area contributed by atoms with E-state index in [0.29, 0.717) is 31.1 Å². The summed E-state index contributed by atoms with van der Waals surface area (Å²) in [7, 11) is -3.10. The maximum Gasteiger partial charge on any atom is 0.253 e. The van der Waals surface area contributed by atoms with Crippen LogP contribution in [0.3, 0.4) is 0 Å². The minimum atomic E-state index is -3.10. The Morgan fingerprint density at radius 1 is 1.30 bits per heavy atom. The zero-order chi connectivity index (χ0) is 16.4. The van der Waals surface area contributed by atoms with Crippen molar-refractivity contribution >= 4 is 26.8 Å². The number of carbonyl (C=O) groups excluding carboxylic acids is 1. The summed E-state index contributed by atoms with van der Waals surface area (Å²) in [6.45, 7) is 1.64. The number of piperidine rings is 1. The molecule has 1 aromatic heterocycles. The molecular weight excluding hydrogens is 314 g/mol. The van der Waals surface area contributed by atoms with Crippen LogP contribution in [-0.4, -0.2) is 49.5 Å². The summed E-state index contributed by atoms with van der Waals surface area (Å²) in [5.74, 6) is 0.225. The van der Waals surface area contributed by atoms with Gasteiger partial charge in [-0.1, -0.05) is 12.1 Å². The smallest absolute Gasteiger partial charge is 0.253 e. The number of carbonyl (C=O) groups is 1. The summed E-state index contributed by atoms with van der Waals surface area (Å²) in [4.78, 5) is 15.5. The normalized spacial score (nSPS) is 17.4. The van der Waals surface area contributed by atoms with E-state index >= 15 is 0 Å². The number of nitrogens with one attached hydrogen (secondary N) is 2. The fourth-order valence-corrected chi connectivity index (χ4v) is 3.93. The van der Waals surface area contributed by atoms with Gasteiger partial charge in [-0.2, -0.15) is 0 Å². The van der Waals surface area contributed by atoms with Crippen LogP contribution in [0.1, 0.15) is 23.2 Å². The number of rotatable bonds is 4. The van der Waals surface area contributed by atoms with Crippen molar-refractivity contribution in [2.75, 3.05) is 25.9 Å². The third-order valence-electron chi connectivity index (χ3n) is 4.43.